The van der Waals surface area contributed by atoms with Crippen molar-refractivity contribution in [2.75, 3.05) is 0 Å². The maximum absolute atomic E-state index is 2.37. The molecule has 0 saturated heterocycles. The fourth-order valence-electron chi connectivity index (χ4n) is 3.33. The molecule has 0 spiro atoms. The highest BCUT2D eigenvalue weighted by Crippen LogP contribution is 2.49. The molecular weight excluding hydrogens is 204 g/mol. The highest BCUT2D eigenvalue weighted by atomic mass is 14.3. The summed E-state index contributed by atoms with van der Waals surface area (Å²) in [5.41, 5.74) is 8.91. The van der Waals surface area contributed by atoms with E-state index in [-0.39, 0.29) is 0 Å². The first-order chi connectivity index (χ1) is 8.36. The second-order valence-electron chi connectivity index (χ2n) is 5.02. The second kappa shape index (κ2) is 3.10. The number of benzene rings is 2. The van der Waals surface area contributed by atoms with Gasteiger partial charge >= 0.3 is 0 Å². The van der Waals surface area contributed by atoms with E-state index in [1.54, 1.807) is 11.1 Å². The standard InChI is InChI=1S/C17H14/c1-11-9-10-16-14-6-3-2-5-13(14)15-8-4-7-12(11)17(15)16/h2-6,8-10,15H,7H2,1H3. The number of fused-ring (bicyclic) bond motifs is 3. The summed E-state index contributed by atoms with van der Waals surface area (Å²) in [6.07, 6.45) is 5.79. The van der Waals surface area contributed by atoms with Crippen LogP contribution in [0.3, 0.4) is 0 Å². The Hall–Kier alpha value is -1.82. The molecule has 0 saturated carbocycles. The van der Waals surface area contributed by atoms with Gasteiger partial charge in [0.2, 0.25) is 0 Å². The Bertz CT molecular complexity index is 647. The van der Waals surface area contributed by atoms with Crippen molar-refractivity contribution in [3.05, 3.63) is 70.8 Å². The van der Waals surface area contributed by atoms with Crippen LogP contribution in [0.2, 0.25) is 0 Å². The molecule has 2 aromatic rings. The Morgan fingerprint density at radius 1 is 1.00 bits per heavy atom. The van der Waals surface area contributed by atoms with Crippen LogP contribution in [0.15, 0.2) is 48.6 Å². The van der Waals surface area contributed by atoms with Gasteiger partial charge in [0.25, 0.3) is 0 Å². The molecule has 0 nitrogen and oxygen atoms in total. The van der Waals surface area contributed by atoms with E-state index in [2.05, 4.69) is 55.5 Å². The summed E-state index contributed by atoms with van der Waals surface area (Å²) in [7, 11) is 0. The van der Waals surface area contributed by atoms with E-state index < -0.39 is 0 Å². The summed E-state index contributed by atoms with van der Waals surface area (Å²) in [4.78, 5) is 0. The van der Waals surface area contributed by atoms with Crippen molar-refractivity contribution in [2.24, 2.45) is 0 Å². The number of hydrogen-bond acceptors (Lipinski definition) is 0. The van der Waals surface area contributed by atoms with E-state index in [9.17, 15) is 0 Å². The summed E-state index contributed by atoms with van der Waals surface area (Å²) in [6, 6.07) is 13.4. The summed E-state index contributed by atoms with van der Waals surface area (Å²) in [5.74, 6) is 0.504. The van der Waals surface area contributed by atoms with Gasteiger partial charge in [0.15, 0.2) is 0 Å². The van der Waals surface area contributed by atoms with E-state index in [0.29, 0.717) is 5.92 Å². The van der Waals surface area contributed by atoms with Gasteiger partial charge in [-0.2, -0.15) is 0 Å². The zero-order chi connectivity index (χ0) is 11.4. The lowest BCUT2D eigenvalue weighted by atomic mass is 9.85. The van der Waals surface area contributed by atoms with Gasteiger partial charge in [-0.15, -0.1) is 0 Å². The van der Waals surface area contributed by atoms with Gasteiger partial charge in [0.05, 0.1) is 0 Å². The van der Waals surface area contributed by atoms with E-state index in [1.165, 1.54) is 22.3 Å². The molecule has 0 radical (unpaired) electrons. The van der Waals surface area contributed by atoms with Crippen LogP contribution in [0.4, 0.5) is 0 Å². The predicted octanol–water partition coefficient (Wildman–Crippen LogP) is 4.22. The minimum atomic E-state index is 0.504. The molecule has 0 aromatic heterocycles. The molecule has 0 heteroatoms. The molecule has 1 atom stereocenters. The second-order valence-corrected chi connectivity index (χ2v) is 5.02. The average molecular weight is 218 g/mol. The molecular formula is C17H14. The molecule has 1 unspecified atom stereocenters. The molecule has 2 aliphatic carbocycles. The Labute approximate surface area is 102 Å². The summed E-state index contributed by atoms with van der Waals surface area (Å²) < 4.78 is 0. The molecule has 0 aliphatic heterocycles. The molecule has 0 bridgehead atoms. The first-order valence-corrected chi connectivity index (χ1v) is 6.24. The van der Waals surface area contributed by atoms with Crippen LogP contribution >= 0.6 is 0 Å². The van der Waals surface area contributed by atoms with Gasteiger partial charge in [-0.3, -0.25) is 0 Å². The molecule has 2 aromatic carbocycles. The van der Waals surface area contributed by atoms with Crippen LogP contribution in [-0.4, -0.2) is 0 Å². The van der Waals surface area contributed by atoms with E-state index in [0.717, 1.165) is 6.42 Å². The lowest BCUT2D eigenvalue weighted by Gasteiger charge is -2.19. The molecule has 0 fully saturated rings. The molecule has 2 aliphatic rings. The van der Waals surface area contributed by atoms with E-state index in [1.807, 2.05) is 0 Å². The molecule has 0 N–H and O–H groups in total. The first-order valence-electron chi connectivity index (χ1n) is 6.24. The third-order valence-corrected chi connectivity index (χ3v) is 4.14. The highest BCUT2D eigenvalue weighted by molar-refractivity contribution is 5.82. The normalized spacial score (nSPS) is 19.0. The Morgan fingerprint density at radius 3 is 2.82 bits per heavy atom. The fourth-order valence-corrected chi connectivity index (χ4v) is 3.33. The minimum Gasteiger partial charge on any atom is -0.0832 e. The van der Waals surface area contributed by atoms with Gasteiger partial charge in [-0.05, 0) is 46.7 Å². The van der Waals surface area contributed by atoms with Crippen LogP contribution in [-0.2, 0) is 6.42 Å². The van der Waals surface area contributed by atoms with Gasteiger partial charge in [-0.25, -0.2) is 0 Å². The average Bonchev–Trinajstić information content (AvgIpc) is 2.70. The van der Waals surface area contributed by atoms with Crippen LogP contribution in [0.25, 0.3) is 11.1 Å². The van der Waals surface area contributed by atoms with Crippen molar-refractivity contribution in [1.82, 2.24) is 0 Å². The Balaban J connectivity index is 2.14. The van der Waals surface area contributed by atoms with Gasteiger partial charge in [-0.1, -0.05) is 48.6 Å². The van der Waals surface area contributed by atoms with Crippen LogP contribution in [0.5, 0.6) is 0 Å². The summed E-state index contributed by atoms with van der Waals surface area (Å²) >= 11 is 0. The topological polar surface area (TPSA) is 0 Å². The molecule has 0 amide bonds. The smallest absolute Gasteiger partial charge is 0.0284 e. The number of aryl methyl sites for hydroxylation is 1. The highest BCUT2D eigenvalue weighted by Gasteiger charge is 2.30. The van der Waals surface area contributed by atoms with Crippen molar-refractivity contribution < 1.29 is 0 Å². The van der Waals surface area contributed by atoms with E-state index >= 15 is 0 Å². The van der Waals surface area contributed by atoms with Crippen LogP contribution in [0.1, 0.15) is 28.2 Å². The minimum absolute atomic E-state index is 0.504. The number of rotatable bonds is 0. The van der Waals surface area contributed by atoms with Crippen molar-refractivity contribution in [3.8, 4) is 11.1 Å². The zero-order valence-electron chi connectivity index (χ0n) is 9.90. The maximum atomic E-state index is 2.37. The van der Waals surface area contributed by atoms with Crippen molar-refractivity contribution in [2.45, 2.75) is 19.3 Å². The third-order valence-electron chi connectivity index (χ3n) is 4.14. The van der Waals surface area contributed by atoms with Crippen LogP contribution in [0, 0.1) is 6.92 Å². The van der Waals surface area contributed by atoms with Gasteiger partial charge < -0.3 is 0 Å². The SMILES string of the molecule is Cc1ccc2c3c1CC=CC3c1ccccc1-2. The molecule has 0 heterocycles. The van der Waals surface area contributed by atoms with Crippen LogP contribution < -0.4 is 0 Å². The molecule has 82 valence electrons. The Morgan fingerprint density at radius 2 is 1.88 bits per heavy atom. The zero-order valence-corrected chi connectivity index (χ0v) is 9.90. The summed E-state index contributed by atoms with van der Waals surface area (Å²) in [6.45, 7) is 2.23. The third kappa shape index (κ3) is 1.08. The lowest BCUT2D eigenvalue weighted by molar-refractivity contribution is 0.977. The predicted molar refractivity (Wildman–Crippen MR) is 71.3 cm³/mol. The molecule has 4 rings (SSSR count). The number of hydrogen-bond donors (Lipinski definition) is 0. The first kappa shape index (κ1) is 9.23. The van der Waals surface area contributed by atoms with Crippen molar-refractivity contribution in [1.29, 1.82) is 0 Å². The molecule has 17 heavy (non-hydrogen) atoms. The monoisotopic (exact) mass is 218 g/mol. The van der Waals surface area contributed by atoms with Gasteiger partial charge in [0, 0.05) is 5.92 Å². The number of allylic oxidation sites excluding steroid dienone is 2. The quantitative estimate of drug-likeness (QED) is 0.581. The largest absolute Gasteiger partial charge is 0.0832 e. The van der Waals surface area contributed by atoms with Crippen molar-refractivity contribution >= 4 is 0 Å². The van der Waals surface area contributed by atoms with Gasteiger partial charge in [0.1, 0.15) is 0 Å². The van der Waals surface area contributed by atoms with Crippen molar-refractivity contribution in [3.63, 3.8) is 0 Å². The summed E-state index contributed by atoms with van der Waals surface area (Å²) in [5, 5.41) is 0. The van der Waals surface area contributed by atoms with E-state index in [4.69, 9.17) is 0 Å². The maximum Gasteiger partial charge on any atom is 0.0284 e. The lowest BCUT2D eigenvalue weighted by Crippen LogP contribution is -2.04. The Kier molecular flexibility index (Phi) is 1.69. The fraction of sp³-hybridized carbons (Fsp3) is 0.176.